The second-order valence-electron chi connectivity index (χ2n) is 3.38. The quantitative estimate of drug-likeness (QED) is 0.435. The molecule has 0 saturated heterocycles. The van der Waals surface area contributed by atoms with Gasteiger partial charge in [0.25, 0.3) is 5.69 Å². The number of likely N-dealkylation sites (N-methyl/N-ethyl adjacent to an activating group) is 1. The SMILES string of the molecule is CC=CCN(CC)c1cccc([N+](=O)[O-])c1. The van der Waals surface area contributed by atoms with Gasteiger partial charge in [-0.25, -0.2) is 0 Å². The first kappa shape index (κ1) is 12.2. The van der Waals surface area contributed by atoms with Gasteiger partial charge in [0.2, 0.25) is 0 Å². The summed E-state index contributed by atoms with van der Waals surface area (Å²) >= 11 is 0. The number of nitrogens with zero attached hydrogens (tertiary/aromatic N) is 2. The first-order valence-corrected chi connectivity index (χ1v) is 5.29. The summed E-state index contributed by atoms with van der Waals surface area (Å²) in [4.78, 5) is 12.4. The van der Waals surface area contributed by atoms with E-state index in [9.17, 15) is 10.1 Å². The van der Waals surface area contributed by atoms with E-state index in [2.05, 4.69) is 4.90 Å². The summed E-state index contributed by atoms with van der Waals surface area (Å²) in [6.07, 6.45) is 4.00. The van der Waals surface area contributed by atoms with E-state index in [0.717, 1.165) is 18.8 Å². The Morgan fingerprint density at radius 1 is 1.50 bits per heavy atom. The topological polar surface area (TPSA) is 46.4 Å². The van der Waals surface area contributed by atoms with Crippen LogP contribution in [0.15, 0.2) is 36.4 Å². The lowest BCUT2D eigenvalue weighted by molar-refractivity contribution is -0.384. The number of non-ortho nitro benzene ring substituents is 1. The van der Waals surface area contributed by atoms with Gasteiger partial charge in [0.15, 0.2) is 0 Å². The van der Waals surface area contributed by atoms with E-state index in [4.69, 9.17) is 0 Å². The standard InChI is InChI=1S/C12H16N2O2/c1-3-5-9-13(4-2)11-7-6-8-12(10-11)14(15)16/h3,5-8,10H,4,9H2,1-2H3. The van der Waals surface area contributed by atoms with Crippen LogP contribution in [0.3, 0.4) is 0 Å². The fraction of sp³-hybridized carbons (Fsp3) is 0.333. The van der Waals surface area contributed by atoms with Crippen LogP contribution < -0.4 is 4.90 Å². The number of benzene rings is 1. The van der Waals surface area contributed by atoms with E-state index in [1.54, 1.807) is 12.1 Å². The van der Waals surface area contributed by atoms with Crippen molar-refractivity contribution in [3.05, 3.63) is 46.5 Å². The smallest absolute Gasteiger partial charge is 0.271 e. The van der Waals surface area contributed by atoms with Crippen molar-refractivity contribution in [2.24, 2.45) is 0 Å². The van der Waals surface area contributed by atoms with Crippen molar-refractivity contribution in [1.82, 2.24) is 0 Å². The molecule has 16 heavy (non-hydrogen) atoms. The first-order valence-electron chi connectivity index (χ1n) is 5.29. The fourth-order valence-electron chi connectivity index (χ4n) is 1.45. The van der Waals surface area contributed by atoms with E-state index in [1.807, 2.05) is 32.1 Å². The lowest BCUT2D eigenvalue weighted by Crippen LogP contribution is -2.22. The highest BCUT2D eigenvalue weighted by atomic mass is 16.6. The Labute approximate surface area is 95.3 Å². The first-order chi connectivity index (χ1) is 7.69. The minimum Gasteiger partial charge on any atom is -0.368 e. The van der Waals surface area contributed by atoms with Crippen LogP contribution in [-0.2, 0) is 0 Å². The minimum atomic E-state index is -0.368. The molecule has 1 aromatic rings. The summed E-state index contributed by atoms with van der Waals surface area (Å²) in [5.41, 5.74) is 1.02. The Hall–Kier alpha value is -1.84. The molecule has 0 aromatic heterocycles. The number of hydrogen-bond donors (Lipinski definition) is 0. The average molecular weight is 220 g/mol. The van der Waals surface area contributed by atoms with Crippen molar-refractivity contribution >= 4 is 11.4 Å². The summed E-state index contributed by atoms with van der Waals surface area (Å²) in [6.45, 7) is 5.59. The summed E-state index contributed by atoms with van der Waals surface area (Å²) in [6, 6.07) is 6.71. The van der Waals surface area contributed by atoms with Crippen molar-refractivity contribution in [3.8, 4) is 0 Å². The molecule has 0 N–H and O–H groups in total. The lowest BCUT2D eigenvalue weighted by Gasteiger charge is -2.20. The van der Waals surface area contributed by atoms with Gasteiger partial charge in [-0.15, -0.1) is 0 Å². The molecule has 0 spiro atoms. The summed E-state index contributed by atoms with van der Waals surface area (Å²) in [7, 11) is 0. The van der Waals surface area contributed by atoms with Gasteiger partial charge in [0, 0.05) is 30.9 Å². The summed E-state index contributed by atoms with van der Waals surface area (Å²) in [5, 5.41) is 10.7. The van der Waals surface area contributed by atoms with Crippen LogP contribution >= 0.6 is 0 Å². The summed E-state index contributed by atoms with van der Waals surface area (Å²) in [5.74, 6) is 0. The molecule has 0 amide bonds. The highest BCUT2D eigenvalue weighted by molar-refractivity contribution is 5.53. The molecule has 4 heteroatoms. The maximum atomic E-state index is 10.7. The van der Waals surface area contributed by atoms with Gasteiger partial charge in [-0.3, -0.25) is 10.1 Å². The zero-order valence-electron chi connectivity index (χ0n) is 9.59. The second-order valence-corrected chi connectivity index (χ2v) is 3.38. The van der Waals surface area contributed by atoms with Crippen molar-refractivity contribution in [2.75, 3.05) is 18.0 Å². The number of nitro groups is 1. The van der Waals surface area contributed by atoms with Gasteiger partial charge < -0.3 is 4.90 Å². The lowest BCUT2D eigenvalue weighted by atomic mass is 10.2. The predicted molar refractivity (Wildman–Crippen MR) is 65.8 cm³/mol. The second kappa shape index (κ2) is 5.90. The molecule has 0 heterocycles. The molecular formula is C12H16N2O2. The molecule has 0 aliphatic carbocycles. The Bertz CT molecular complexity index is 388. The fourth-order valence-corrected chi connectivity index (χ4v) is 1.45. The average Bonchev–Trinajstić information content (AvgIpc) is 2.30. The molecule has 0 bridgehead atoms. The highest BCUT2D eigenvalue weighted by Crippen LogP contribution is 2.20. The Morgan fingerprint density at radius 3 is 2.81 bits per heavy atom. The summed E-state index contributed by atoms with van der Waals surface area (Å²) < 4.78 is 0. The van der Waals surface area contributed by atoms with E-state index in [-0.39, 0.29) is 10.6 Å². The van der Waals surface area contributed by atoms with Crippen LogP contribution in [0.5, 0.6) is 0 Å². The number of allylic oxidation sites excluding steroid dienone is 1. The Kier molecular flexibility index (Phi) is 4.51. The maximum Gasteiger partial charge on any atom is 0.271 e. The van der Waals surface area contributed by atoms with Crippen LogP contribution in [0, 0.1) is 10.1 Å². The monoisotopic (exact) mass is 220 g/mol. The van der Waals surface area contributed by atoms with Crippen molar-refractivity contribution in [1.29, 1.82) is 0 Å². The minimum absolute atomic E-state index is 0.136. The maximum absolute atomic E-state index is 10.7. The molecule has 1 aromatic carbocycles. The van der Waals surface area contributed by atoms with E-state index in [0.29, 0.717) is 0 Å². The van der Waals surface area contributed by atoms with Gasteiger partial charge in [-0.1, -0.05) is 18.2 Å². The molecule has 0 fully saturated rings. The van der Waals surface area contributed by atoms with E-state index >= 15 is 0 Å². The van der Waals surface area contributed by atoms with Gasteiger partial charge >= 0.3 is 0 Å². The number of rotatable bonds is 5. The van der Waals surface area contributed by atoms with Crippen molar-refractivity contribution in [2.45, 2.75) is 13.8 Å². The van der Waals surface area contributed by atoms with Gasteiger partial charge in [0.1, 0.15) is 0 Å². The third-order valence-corrected chi connectivity index (χ3v) is 2.35. The third kappa shape index (κ3) is 3.08. The molecule has 0 saturated carbocycles. The van der Waals surface area contributed by atoms with Crippen LogP contribution in [0.1, 0.15) is 13.8 Å². The number of hydrogen-bond acceptors (Lipinski definition) is 3. The molecule has 0 aliphatic rings. The molecule has 0 atom stereocenters. The molecule has 1 rings (SSSR count). The van der Waals surface area contributed by atoms with Crippen LogP contribution in [0.4, 0.5) is 11.4 Å². The van der Waals surface area contributed by atoms with Gasteiger partial charge in [-0.05, 0) is 19.9 Å². The highest BCUT2D eigenvalue weighted by Gasteiger charge is 2.08. The molecule has 4 nitrogen and oxygen atoms in total. The van der Waals surface area contributed by atoms with Gasteiger partial charge in [0.05, 0.1) is 4.92 Å². The zero-order valence-corrected chi connectivity index (χ0v) is 9.59. The molecule has 0 unspecified atom stereocenters. The molecule has 0 radical (unpaired) electrons. The number of anilines is 1. The number of nitro benzene ring substituents is 1. The Balaban J connectivity index is 2.91. The van der Waals surface area contributed by atoms with E-state index in [1.165, 1.54) is 6.07 Å². The van der Waals surface area contributed by atoms with Crippen molar-refractivity contribution in [3.63, 3.8) is 0 Å². The van der Waals surface area contributed by atoms with Crippen molar-refractivity contribution < 1.29 is 4.92 Å². The zero-order chi connectivity index (χ0) is 12.0. The van der Waals surface area contributed by atoms with Gasteiger partial charge in [-0.2, -0.15) is 0 Å². The molecule has 0 aliphatic heterocycles. The molecular weight excluding hydrogens is 204 g/mol. The largest absolute Gasteiger partial charge is 0.368 e. The third-order valence-electron chi connectivity index (χ3n) is 2.35. The predicted octanol–water partition coefficient (Wildman–Crippen LogP) is 3.00. The molecule has 86 valence electrons. The van der Waals surface area contributed by atoms with Crippen LogP contribution in [-0.4, -0.2) is 18.0 Å². The normalized spacial score (nSPS) is 10.6. The Morgan fingerprint density at radius 2 is 2.25 bits per heavy atom. The van der Waals surface area contributed by atoms with Crippen LogP contribution in [0.25, 0.3) is 0 Å². The van der Waals surface area contributed by atoms with Crippen LogP contribution in [0.2, 0.25) is 0 Å². The van der Waals surface area contributed by atoms with E-state index < -0.39 is 0 Å².